The maximum absolute atomic E-state index is 13.2. The summed E-state index contributed by atoms with van der Waals surface area (Å²) in [6, 6.07) is 15.9. The highest BCUT2D eigenvalue weighted by Crippen LogP contribution is 2.35. The molecule has 1 aliphatic rings. The van der Waals surface area contributed by atoms with E-state index in [2.05, 4.69) is 32.3 Å². The van der Waals surface area contributed by atoms with Gasteiger partial charge in [0.2, 0.25) is 0 Å². The SMILES string of the molecule is O=C(Nc1ccccc1-c1cccc(C(F)(F)F)c1)c1csc(C2CCN(C/C=C\c3ccncc3)CC2)n1. The molecule has 0 bridgehead atoms. The van der Waals surface area contributed by atoms with Crippen LogP contribution in [0.4, 0.5) is 18.9 Å². The van der Waals surface area contributed by atoms with Crippen LogP contribution in [-0.4, -0.2) is 40.4 Å². The maximum Gasteiger partial charge on any atom is 0.416 e. The van der Waals surface area contributed by atoms with Crippen molar-refractivity contribution in [2.24, 2.45) is 0 Å². The predicted molar refractivity (Wildman–Crippen MR) is 149 cm³/mol. The molecule has 4 aromatic rings. The molecule has 1 amide bonds. The summed E-state index contributed by atoms with van der Waals surface area (Å²) in [6.07, 6.45) is 5.32. The largest absolute Gasteiger partial charge is 0.416 e. The molecule has 0 radical (unpaired) electrons. The van der Waals surface area contributed by atoms with Crippen molar-refractivity contribution < 1.29 is 18.0 Å². The lowest BCUT2D eigenvalue weighted by Gasteiger charge is -2.30. The van der Waals surface area contributed by atoms with Gasteiger partial charge in [0.1, 0.15) is 5.69 Å². The van der Waals surface area contributed by atoms with Crippen LogP contribution < -0.4 is 5.32 Å². The second-order valence-corrected chi connectivity index (χ2v) is 10.3. The van der Waals surface area contributed by atoms with Crippen LogP contribution in [0.1, 0.15) is 45.4 Å². The van der Waals surface area contributed by atoms with E-state index in [-0.39, 0.29) is 5.91 Å². The standard InChI is InChI=1S/C30H27F3N4OS/c31-30(32,33)24-7-3-6-23(19-24)25-8-1-2-9-26(25)35-28(38)27-20-39-29(36-27)22-12-17-37(18-13-22)16-4-5-21-10-14-34-15-11-21/h1-11,14-15,19-20,22H,12-13,16-18H2,(H,35,38)/b5-4-. The number of pyridine rings is 1. The van der Waals surface area contributed by atoms with Crippen LogP contribution in [0, 0.1) is 0 Å². The number of para-hydroxylation sites is 1. The van der Waals surface area contributed by atoms with Crippen LogP contribution in [-0.2, 0) is 6.18 Å². The van der Waals surface area contributed by atoms with Crippen molar-refractivity contribution >= 4 is 29.0 Å². The number of amides is 1. The van der Waals surface area contributed by atoms with Crippen LogP contribution in [0.15, 0.2) is 84.5 Å². The summed E-state index contributed by atoms with van der Waals surface area (Å²) in [5, 5.41) is 5.54. The zero-order valence-electron chi connectivity index (χ0n) is 21.1. The summed E-state index contributed by atoms with van der Waals surface area (Å²) in [6.45, 7) is 2.79. The van der Waals surface area contributed by atoms with Gasteiger partial charge < -0.3 is 5.32 Å². The normalized spacial score (nSPS) is 15.1. The number of likely N-dealkylation sites (tertiary alicyclic amines) is 1. The highest BCUT2D eigenvalue weighted by Gasteiger charge is 2.30. The Morgan fingerprint density at radius 3 is 2.59 bits per heavy atom. The van der Waals surface area contributed by atoms with Crippen LogP contribution in [0.25, 0.3) is 17.2 Å². The number of nitrogens with one attached hydrogen (secondary N) is 1. The molecule has 5 nitrogen and oxygen atoms in total. The van der Waals surface area contributed by atoms with E-state index in [9.17, 15) is 18.0 Å². The first-order chi connectivity index (χ1) is 18.9. The Morgan fingerprint density at radius 1 is 1.05 bits per heavy atom. The number of rotatable bonds is 7. The van der Waals surface area contributed by atoms with E-state index in [1.807, 2.05) is 12.1 Å². The molecule has 2 aromatic heterocycles. The van der Waals surface area contributed by atoms with Gasteiger partial charge in [-0.05, 0) is 67.4 Å². The number of aromatic nitrogens is 2. The number of nitrogens with zero attached hydrogens (tertiary/aromatic N) is 3. The van der Waals surface area contributed by atoms with E-state index < -0.39 is 11.7 Å². The Balaban J connectivity index is 1.20. The Bertz CT molecular complexity index is 1440. The van der Waals surface area contributed by atoms with Crippen LogP contribution in [0.2, 0.25) is 0 Å². The number of thiazole rings is 1. The first-order valence-electron chi connectivity index (χ1n) is 12.7. The number of carbonyl (C=O) groups is 1. The quantitative estimate of drug-likeness (QED) is 0.262. The van der Waals surface area contributed by atoms with Gasteiger partial charge in [0.15, 0.2) is 0 Å². The van der Waals surface area contributed by atoms with Crippen molar-refractivity contribution in [1.29, 1.82) is 0 Å². The third-order valence-electron chi connectivity index (χ3n) is 6.75. The first-order valence-corrected chi connectivity index (χ1v) is 13.6. The van der Waals surface area contributed by atoms with E-state index >= 15 is 0 Å². The number of anilines is 1. The molecule has 0 unspecified atom stereocenters. The summed E-state index contributed by atoms with van der Waals surface area (Å²) in [4.78, 5) is 24.1. The third-order valence-corrected chi connectivity index (χ3v) is 7.75. The number of carbonyl (C=O) groups excluding carboxylic acids is 1. The Hall–Kier alpha value is -3.82. The van der Waals surface area contributed by atoms with E-state index in [1.54, 1.807) is 48.1 Å². The molecule has 0 aliphatic carbocycles. The molecule has 1 N–H and O–H groups in total. The molecular formula is C30H27F3N4OS. The number of halogens is 3. The van der Waals surface area contributed by atoms with Gasteiger partial charge in [0.25, 0.3) is 5.91 Å². The molecule has 2 aromatic carbocycles. The molecule has 9 heteroatoms. The average Bonchev–Trinajstić information content (AvgIpc) is 3.45. The Labute approximate surface area is 229 Å². The molecular weight excluding hydrogens is 521 g/mol. The van der Waals surface area contributed by atoms with Gasteiger partial charge in [0, 0.05) is 41.5 Å². The molecule has 1 fully saturated rings. The molecule has 1 saturated heterocycles. The number of piperidine rings is 1. The second-order valence-electron chi connectivity index (χ2n) is 9.41. The fraction of sp³-hybridized carbons (Fsp3) is 0.233. The molecule has 0 atom stereocenters. The Morgan fingerprint density at radius 2 is 1.82 bits per heavy atom. The van der Waals surface area contributed by atoms with Crippen molar-refractivity contribution in [3.8, 4) is 11.1 Å². The monoisotopic (exact) mass is 548 g/mol. The number of hydrogen-bond acceptors (Lipinski definition) is 5. The predicted octanol–water partition coefficient (Wildman–Crippen LogP) is 7.37. The minimum absolute atomic E-state index is 0.300. The summed E-state index contributed by atoms with van der Waals surface area (Å²) in [5.74, 6) is -0.0787. The fourth-order valence-corrected chi connectivity index (χ4v) is 5.62. The Kier molecular flexibility index (Phi) is 8.18. The maximum atomic E-state index is 13.2. The molecule has 0 spiro atoms. The highest BCUT2D eigenvalue weighted by atomic mass is 32.1. The summed E-state index contributed by atoms with van der Waals surface area (Å²) < 4.78 is 39.7. The van der Waals surface area contributed by atoms with Crippen molar-refractivity contribution in [2.75, 3.05) is 25.0 Å². The minimum Gasteiger partial charge on any atom is -0.320 e. The van der Waals surface area contributed by atoms with E-state index in [0.717, 1.165) is 55.2 Å². The van der Waals surface area contributed by atoms with E-state index in [0.29, 0.717) is 28.4 Å². The second kappa shape index (κ2) is 11.9. The van der Waals surface area contributed by atoms with Gasteiger partial charge in [0.05, 0.1) is 10.6 Å². The average molecular weight is 549 g/mol. The fourth-order valence-electron chi connectivity index (χ4n) is 4.65. The lowest BCUT2D eigenvalue weighted by Crippen LogP contribution is -2.33. The third kappa shape index (κ3) is 6.79. The number of hydrogen-bond donors (Lipinski definition) is 1. The van der Waals surface area contributed by atoms with Crippen LogP contribution in [0.3, 0.4) is 0 Å². The first kappa shape index (κ1) is 26.8. The van der Waals surface area contributed by atoms with Gasteiger partial charge in [-0.15, -0.1) is 11.3 Å². The number of alkyl halides is 3. The zero-order valence-corrected chi connectivity index (χ0v) is 21.9. The molecule has 0 saturated carbocycles. The van der Waals surface area contributed by atoms with Crippen molar-refractivity contribution in [3.63, 3.8) is 0 Å². The lowest BCUT2D eigenvalue weighted by atomic mass is 9.97. The van der Waals surface area contributed by atoms with Gasteiger partial charge in [-0.3, -0.25) is 14.7 Å². The molecule has 39 heavy (non-hydrogen) atoms. The van der Waals surface area contributed by atoms with Gasteiger partial charge in [-0.1, -0.05) is 42.5 Å². The zero-order chi connectivity index (χ0) is 27.2. The summed E-state index contributed by atoms with van der Waals surface area (Å²) in [7, 11) is 0. The van der Waals surface area contributed by atoms with Gasteiger partial charge >= 0.3 is 6.18 Å². The van der Waals surface area contributed by atoms with Gasteiger partial charge in [-0.25, -0.2) is 4.98 Å². The number of benzene rings is 2. The molecule has 5 rings (SSSR count). The van der Waals surface area contributed by atoms with Crippen molar-refractivity contribution in [2.45, 2.75) is 24.9 Å². The topological polar surface area (TPSA) is 58.1 Å². The lowest BCUT2D eigenvalue weighted by molar-refractivity contribution is -0.137. The molecule has 1 aliphatic heterocycles. The summed E-state index contributed by atoms with van der Waals surface area (Å²) in [5.41, 5.74) is 2.04. The van der Waals surface area contributed by atoms with Crippen LogP contribution >= 0.6 is 11.3 Å². The van der Waals surface area contributed by atoms with Crippen molar-refractivity contribution in [1.82, 2.24) is 14.9 Å². The summed E-state index contributed by atoms with van der Waals surface area (Å²) >= 11 is 1.48. The van der Waals surface area contributed by atoms with Gasteiger partial charge in [-0.2, -0.15) is 13.2 Å². The minimum atomic E-state index is -4.45. The highest BCUT2D eigenvalue weighted by molar-refractivity contribution is 7.10. The van der Waals surface area contributed by atoms with Crippen molar-refractivity contribution in [3.05, 3.63) is 106 Å². The van der Waals surface area contributed by atoms with E-state index in [1.165, 1.54) is 17.4 Å². The molecule has 3 heterocycles. The van der Waals surface area contributed by atoms with E-state index in [4.69, 9.17) is 0 Å². The smallest absolute Gasteiger partial charge is 0.320 e. The van der Waals surface area contributed by atoms with Crippen LogP contribution in [0.5, 0.6) is 0 Å². The molecule has 200 valence electrons.